The first kappa shape index (κ1) is 31.0. The van der Waals surface area contributed by atoms with Crippen molar-refractivity contribution in [2.75, 3.05) is 18.6 Å². The second kappa shape index (κ2) is 10.1. The minimum absolute atomic E-state index is 0.0534. The summed E-state index contributed by atoms with van der Waals surface area (Å²) in [7, 11) is -8.71. The topological polar surface area (TPSA) is 104 Å². The molecular weight excluding hydrogens is 585 g/mol. The summed E-state index contributed by atoms with van der Waals surface area (Å²) in [6.07, 6.45) is 0.573. The smallest absolute Gasteiger partial charge is 0.310 e. The van der Waals surface area contributed by atoms with Crippen LogP contribution in [0.1, 0.15) is 37.7 Å². The Morgan fingerprint density at radius 2 is 1.76 bits per heavy atom. The standard InChI is InChI=1S/C25H29F7N4O4S/c1-40-19-13-21(34-15-19)22(37)36(18-4-6-20(7-5-18)41(28,29,30,31)32)25(39,16-3-2-12-33-14-16)23(38)35-17-8-10-24(26,27)11-9-17/h2-7,12,14,17,19,21,34,39H,8-11,13,15H2,1H3,(H,35,38). The highest BCUT2D eigenvalue weighted by Crippen LogP contribution is 3.02. The lowest BCUT2D eigenvalue weighted by molar-refractivity contribution is -0.147. The molecule has 3 unspecified atom stereocenters. The summed E-state index contributed by atoms with van der Waals surface area (Å²) in [5.74, 6) is -5.16. The number of nitrogens with zero attached hydrogens (tertiary/aromatic N) is 2. The largest absolute Gasteiger partial charge is 0.380 e. The summed E-state index contributed by atoms with van der Waals surface area (Å²) in [5, 5.41) is 17.4. The van der Waals surface area contributed by atoms with Crippen LogP contribution in [0.4, 0.5) is 33.9 Å². The SMILES string of the molecule is COC1CNC(C(=O)N(c2ccc(S(F)(F)(F)(F)F)cc2)C(O)(C(=O)NC2CCC(F)(F)CC2)c2cccnc2)C1. The highest BCUT2D eigenvalue weighted by atomic mass is 32.5. The number of alkyl halides is 2. The van der Waals surface area contributed by atoms with Gasteiger partial charge in [-0.25, -0.2) is 8.78 Å². The first-order valence-electron chi connectivity index (χ1n) is 12.6. The fourth-order valence-electron chi connectivity index (χ4n) is 4.95. The summed E-state index contributed by atoms with van der Waals surface area (Å²) in [5.41, 5.74) is -3.78. The summed E-state index contributed by atoms with van der Waals surface area (Å²) in [4.78, 5) is 29.8. The Morgan fingerprint density at radius 3 is 2.27 bits per heavy atom. The quantitative estimate of drug-likeness (QED) is 0.286. The molecule has 2 fully saturated rings. The number of aromatic nitrogens is 1. The normalized spacial score (nSPS) is 24.5. The van der Waals surface area contributed by atoms with Crippen LogP contribution in [0.15, 0.2) is 53.7 Å². The third-order valence-electron chi connectivity index (χ3n) is 7.24. The van der Waals surface area contributed by atoms with E-state index in [9.17, 15) is 42.9 Å². The van der Waals surface area contributed by atoms with Crippen LogP contribution in [0.5, 0.6) is 0 Å². The first-order chi connectivity index (χ1) is 18.8. The Bertz CT molecular complexity index is 1280. The number of benzene rings is 1. The summed E-state index contributed by atoms with van der Waals surface area (Å²) < 4.78 is 99.8. The van der Waals surface area contributed by atoms with Crippen molar-refractivity contribution < 1.29 is 47.6 Å². The summed E-state index contributed by atoms with van der Waals surface area (Å²) >= 11 is 0. The predicted octanol–water partition coefficient (Wildman–Crippen LogP) is 4.99. The average Bonchev–Trinajstić information content (AvgIpc) is 3.39. The Hall–Kier alpha value is -2.95. The summed E-state index contributed by atoms with van der Waals surface area (Å²) in [6.45, 7) is 0.192. The number of amides is 2. The van der Waals surface area contributed by atoms with E-state index in [-0.39, 0.29) is 43.5 Å². The zero-order chi connectivity index (χ0) is 30.3. The maximum absolute atomic E-state index is 13.9. The van der Waals surface area contributed by atoms with Crippen LogP contribution in [0.25, 0.3) is 0 Å². The molecule has 1 aromatic heterocycles. The molecule has 8 nitrogen and oxygen atoms in total. The number of aliphatic hydroxyl groups is 1. The summed E-state index contributed by atoms with van der Waals surface area (Å²) in [6, 6.07) is 1.84. The highest BCUT2D eigenvalue weighted by molar-refractivity contribution is 8.45. The Kier molecular flexibility index (Phi) is 7.63. The zero-order valence-corrected chi connectivity index (χ0v) is 22.5. The van der Waals surface area contributed by atoms with Gasteiger partial charge in [0.1, 0.15) is 4.90 Å². The van der Waals surface area contributed by atoms with E-state index < -0.39 is 75.3 Å². The Balaban J connectivity index is 1.81. The minimum Gasteiger partial charge on any atom is -0.380 e. The lowest BCUT2D eigenvalue weighted by Crippen LogP contribution is -2.63. The zero-order valence-electron chi connectivity index (χ0n) is 21.7. The maximum atomic E-state index is 13.9. The lowest BCUT2D eigenvalue weighted by atomic mass is 9.91. The lowest BCUT2D eigenvalue weighted by Gasteiger charge is -2.42. The number of carbonyl (C=O) groups excluding carboxylic acids is 2. The number of carbonyl (C=O) groups is 2. The number of methoxy groups -OCH3 is 1. The van der Waals surface area contributed by atoms with Crippen LogP contribution in [0, 0.1) is 0 Å². The molecule has 3 N–H and O–H groups in total. The molecule has 16 heteroatoms. The molecule has 1 aliphatic heterocycles. The van der Waals surface area contributed by atoms with Gasteiger partial charge in [0.25, 0.3) is 11.6 Å². The van der Waals surface area contributed by atoms with E-state index >= 15 is 0 Å². The molecule has 0 spiro atoms. The molecule has 4 rings (SSSR count). The minimum atomic E-state index is -10.1. The van der Waals surface area contributed by atoms with E-state index in [1.807, 2.05) is 0 Å². The molecule has 2 aliphatic rings. The molecule has 2 heterocycles. The monoisotopic (exact) mass is 614 g/mol. The molecule has 41 heavy (non-hydrogen) atoms. The first-order valence-corrected chi connectivity index (χ1v) is 14.6. The van der Waals surface area contributed by atoms with Crippen LogP contribution in [-0.2, 0) is 20.1 Å². The molecule has 0 bridgehead atoms. The van der Waals surface area contributed by atoms with E-state index in [0.717, 1.165) is 6.20 Å². The molecule has 2 aromatic rings. The number of pyridine rings is 1. The number of rotatable bonds is 8. The van der Waals surface area contributed by atoms with Gasteiger partial charge in [0, 0.05) is 56.2 Å². The maximum Gasteiger partial charge on any atom is 0.310 e. The van der Waals surface area contributed by atoms with Gasteiger partial charge in [0.15, 0.2) is 0 Å². The van der Waals surface area contributed by atoms with Crippen molar-refractivity contribution in [3.63, 3.8) is 0 Å². The second-order valence-electron chi connectivity index (χ2n) is 10.2. The van der Waals surface area contributed by atoms with Crippen LogP contribution < -0.4 is 15.5 Å². The molecule has 1 aromatic carbocycles. The van der Waals surface area contributed by atoms with E-state index in [1.165, 1.54) is 25.4 Å². The molecule has 2 amide bonds. The van der Waals surface area contributed by atoms with Crippen molar-refractivity contribution in [3.05, 3.63) is 54.4 Å². The Morgan fingerprint density at radius 1 is 1.12 bits per heavy atom. The van der Waals surface area contributed by atoms with Crippen molar-refractivity contribution in [1.29, 1.82) is 0 Å². The van der Waals surface area contributed by atoms with Crippen molar-refractivity contribution in [2.45, 2.75) is 66.8 Å². The van der Waals surface area contributed by atoms with E-state index in [0.29, 0.717) is 17.0 Å². The molecule has 3 atom stereocenters. The van der Waals surface area contributed by atoms with Crippen LogP contribution in [0.2, 0.25) is 0 Å². The molecule has 1 saturated heterocycles. The average molecular weight is 615 g/mol. The van der Waals surface area contributed by atoms with Gasteiger partial charge >= 0.3 is 10.2 Å². The number of anilines is 1. The van der Waals surface area contributed by atoms with E-state index in [2.05, 4.69) is 15.6 Å². The molecule has 1 saturated carbocycles. The number of hydrogen-bond acceptors (Lipinski definition) is 6. The molecule has 0 radical (unpaired) electrons. The van der Waals surface area contributed by atoms with Crippen molar-refractivity contribution in [2.24, 2.45) is 0 Å². The van der Waals surface area contributed by atoms with Gasteiger partial charge in [-0.05, 0) is 49.6 Å². The number of ether oxygens (including phenoxy) is 1. The third kappa shape index (κ3) is 6.76. The Labute approximate surface area is 231 Å². The van der Waals surface area contributed by atoms with Crippen molar-refractivity contribution in [1.82, 2.24) is 15.6 Å². The number of nitrogens with one attached hydrogen (secondary N) is 2. The number of halogens is 7. The van der Waals surface area contributed by atoms with Crippen molar-refractivity contribution >= 4 is 27.7 Å². The molecule has 1 aliphatic carbocycles. The third-order valence-corrected chi connectivity index (χ3v) is 8.40. The predicted molar refractivity (Wildman–Crippen MR) is 136 cm³/mol. The van der Waals surface area contributed by atoms with Crippen molar-refractivity contribution in [3.8, 4) is 0 Å². The van der Waals surface area contributed by atoms with E-state index in [1.54, 1.807) is 0 Å². The van der Waals surface area contributed by atoms with Gasteiger partial charge in [-0.3, -0.25) is 19.5 Å². The van der Waals surface area contributed by atoms with Crippen LogP contribution in [0.3, 0.4) is 0 Å². The van der Waals surface area contributed by atoms with Gasteiger partial charge in [-0.15, -0.1) is 0 Å². The molecule has 228 valence electrons. The van der Waals surface area contributed by atoms with Gasteiger partial charge < -0.3 is 20.5 Å². The van der Waals surface area contributed by atoms with Crippen LogP contribution in [-0.4, -0.2) is 59.7 Å². The fourth-order valence-corrected chi connectivity index (χ4v) is 5.60. The van der Waals surface area contributed by atoms with Gasteiger partial charge in [-0.1, -0.05) is 25.5 Å². The fraction of sp³-hybridized carbons (Fsp3) is 0.480. The van der Waals surface area contributed by atoms with E-state index in [4.69, 9.17) is 4.74 Å². The molecular formula is C25H29F7N4O4S. The number of hydrogen-bond donors (Lipinski definition) is 3. The highest BCUT2D eigenvalue weighted by Gasteiger charge is 2.65. The second-order valence-corrected chi connectivity index (χ2v) is 12.6. The van der Waals surface area contributed by atoms with Crippen LogP contribution >= 0.6 is 10.2 Å². The van der Waals surface area contributed by atoms with Gasteiger partial charge in [-0.2, -0.15) is 0 Å². The van der Waals surface area contributed by atoms with Gasteiger partial charge in [0.05, 0.1) is 12.1 Å². The van der Waals surface area contributed by atoms with Gasteiger partial charge in [0.2, 0.25) is 11.8 Å².